The van der Waals surface area contributed by atoms with Gasteiger partial charge in [0.25, 0.3) is 0 Å². The minimum atomic E-state index is -3.49. The number of rotatable bonds is 5. The van der Waals surface area contributed by atoms with Gasteiger partial charge in [0, 0.05) is 18.3 Å². The Morgan fingerprint density at radius 3 is 2.25 bits per heavy atom. The highest BCUT2D eigenvalue weighted by molar-refractivity contribution is 7.92. The first kappa shape index (κ1) is 19.9. The lowest BCUT2D eigenvalue weighted by atomic mass is 10.1. The minimum Gasteiger partial charge on any atom is -0.436 e. The van der Waals surface area contributed by atoms with E-state index < -0.39 is 10.0 Å². The maximum Gasteiger partial charge on any atom is 0.244 e. The summed E-state index contributed by atoms with van der Waals surface area (Å²) in [6.07, 6.45) is 2.83. The number of nitrogens with zero attached hydrogens (tertiary/aromatic N) is 3. The highest BCUT2D eigenvalue weighted by Crippen LogP contribution is 2.35. The van der Waals surface area contributed by atoms with Gasteiger partial charge in [0.05, 0.1) is 18.1 Å². The van der Waals surface area contributed by atoms with E-state index in [1.54, 1.807) is 23.0 Å². The van der Waals surface area contributed by atoms with Gasteiger partial charge in [0.2, 0.25) is 15.9 Å². The van der Waals surface area contributed by atoms with Crippen molar-refractivity contribution in [2.75, 3.05) is 11.0 Å². The lowest BCUT2D eigenvalue weighted by Gasteiger charge is -2.16. The van der Waals surface area contributed by atoms with Crippen molar-refractivity contribution in [2.45, 2.75) is 27.7 Å². The first-order valence-electron chi connectivity index (χ1n) is 8.78. The van der Waals surface area contributed by atoms with Crippen molar-refractivity contribution in [3.05, 3.63) is 52.8 Å². The second-order valence-corrected chi connectivity index (χ2v) is 8.77. The zero-order valence-electron chi connectivity index (χ0n) is 16.9. The van der Waals surface area contributed by atoms with Gasteiger partial charge in [0.1, 0.15) is 11.4 Å². The van der Waals surface area contributed by atoms with Crippen LogP contribution in [-0.4, -0.2) is 29.4 Å². The third-order valence-corrected chi connectivity index (χ3v) is 5.06. The van der Waals surface area contributed by atoms with E-state index in [9.17, 15) is 8.42 Å². The van der Waals surface area contributed by atoms with Gasteiger partial charge < -0.3 is 4.74 Å². The Morgan fingerprint density at radius 2 is 1.71 bits per heavy atom. The molecule has 0 fully saturated rings. The normalized spacial score (nSPS) is 11.5. The quantitative estimate of drug-likeness (QED) is 0.702. The van der Waals surface area contributed by atoms with Crippen molar-refractivity contribution < 1.29 is 13.2 Å². The van der Waals surface area contributed by atoms with Crippen LogP contribution in [0.3, 0.4) is 0 Å². The van der Waals surface area contributed by atoms with Gasteiger partial charge in [-0.1, -0.05) is 17.7 Å². The monoisotopic (exact) mass is 400 g/mol. The number of pyridine rings is 1. The fraction of sp³-hybridized carbons (Fsp3) is 0.300. The standard InChI is InChI=1S/C20H24N4O3S/c1-12-9-13(2)19(14(3)10-12)27-20-18(23-28(6,25)26)8-7-17(22-20)16-11-21-24(5)15(16)4/h7-11,23H,1-6H3. The summed E-state index contributed by atoms with van der Waals surface area (Å²) in [6, 6.07) is 7.44. The first-order valence-corrected chi connectivity index (χ1v) is 10.7. The number of ether oxygens (including phenoxy) is 1. The van der Waals surface area contributed by atoms with E-state index in [4.69, 9.17) is 4.74 Å². The number of hydrogen-bond acceptors (Lipinski definition) is 5. The summed E-state index contributed by atoms with van der Waals surface area (Å²) in [5.41, 5.74) is 5.78. The van der Waals surface area contributed by atoms with Gasteiger partial charge in [-0.25, -0.2) is 13.4 Å². The van der Waals surface area contributed by atoms with Crippen LogP contribution in [0.4, 0.5) is 5.69 Å². The van der Waals surface area contributed by atoms with E-state index in [1.807, 2.05) is 46.9 Å². The summed E-state index contributed by atoms with van der Waals surface area (Å²) in [5, 5.41) is 4.25. The van der Waals surface area contributed by atoms with Gasteiger partial charge in [-0.3, -0.25) is 9.40 Å². The smallest absolute Gasteiger partial charge is 0.244 e. The summed E-state index contributed by atoms with van der Waals surface area (Å²) in [5.74, 6) is 0.857. The fourth-order valence-electron chi connectivity index (χ4n) is 3.12. The van der Waals surface area contributed by atoms with Gasteiger partial charge in [-0.05, 0) is 51.0 Å². The zero-order chi connectivity index (χ0) is 20.6. The van der Waals surface area contributed by atoms with E-state index >= 15 is 0 Å². The highest BCUT2D eigenvalue weighted by atomic mass is 32.2. The van der Waals surface area contributed by atoms with Gasteiger partial charge in [-0.15, -0.1) is 0 Å². The van der Waals surface area contributed by atoms with Crippen molar-refractivity contribution in [1.29, 1.82) is 0 Å². The Kier molecular flexibility index (Phi) is 5.16. The third kappa shape index (κ3) is 4.17. The Bertz CT molecular complexity index is 1130. The molecule has 28 heavy (non-hydrogen) atoms. The van der Waals surface area contributed by atoms with Crippen LogP contribution < -0.4 is 9.46 Å². The van der Waals surface area contributed by atoms with Crippen LogP contribution in [-0.2, 0) is 17.1 Å². The summed E-state index contributed by atoms with van der Waals surface area (Å²) < 4.78 is 33.9. The topological polar surface area (TPSA) is 86.1 Å². The van der Waals surface area contributed by atoms with Gasteiger partial charge in [-0.2, -0.15) is 5.10 Å². The molecule has 0 radical (unpaired) electrons. The number of hydrogen-bond donors (Lipinski definition) is 1. The van der Waals surface area contributed by atoms with Crippen molar-refractivity contribution in [3.8, 4) is 22.9 Å². The van der Waals surface area contributed by atoms with Crippen LogP contribution in [0.15, 0.2) is 30.5 Å². The molecule has 1 N–H and O–H groups in total. The summed E-state index contributed by atoms with van der Waals surface area (Å²) in [4.78, 5) is 4.60. The Labute approximate surface area is 165 Å². The SMILES string of the molecule is Cc1cc(C)c(Oc2nc(-c3cnn(C)c3C)ccc2NS(C)(=O)=O)c(C)c1. The molecule has 0 spiro atoms. The van der Waals surface area contributed by atoms with Crippen molar-refractivity contribution in [3.63, 3.8) is 0 Å². The molecular formula is C20H24N4O3S. The largest absolute Gasteiger partial charge is 0.436 e. The molecule has 148 valence electrons. The van der Waals surface area contributed by atoms with Crippen LogP contribution in [0, 0.1) is 27.7 Å². The lowest BCUT2D eigenvalue weighted by Crippen LogP contribution is -2.11. The van der Waals surface area contributed by atoms with E-state index in [0.717, 1.165) is 34.2 Å². The van der Waals surface area contributed by atoms with E-state index in [-0.39, 0.29) is 11.6 Å². The summed E-state index contributed by atoms with van der Waals surface area (Å²) in [6.45, 7) is 7.87. The molecule has 0 amide bonds. The van der Waals surface area contributed by atoms with Crippen LogP contribution in [0.2, 0.25) is 0 Å². The molecule has 1 aromatic carbocycles. The fourth-order valence-corrected chi connectivity index (χ4v) is 3.68. The molecule has 0 aliphatic rings. The summed E-state index contributed by atoms with van der Waals surface area (Å²) in [7, 11) is -1.63. The van der Waals surface area contributed by atoms with Gasteiger partial charge >= 0.3 is 0 Å². The number of nitrogens with one attached hydrogen (secondary N) is 1. The van der Waals surface area contributed by atoms with Crippen molar-refractivity contribution in [1.82, 2.24) is 14.8 Å². The predicted molar refractivity (Wildman–Crippen MR) is 110 cm³/mol. The highest BCUT2D eigenvalue weighted by Gasteiger charge is 2.17. The molecule has 2 aromatic heterocycles. The Hall–Kier alpha value is -2.87. The van der Waals surface area contributed by atoms with E-state index in [0.29, 0.717) is 11.4 Å². The molecule has 7 nitrogen and oxygen atoms in total. The molecule has 0 saturated carbocycles. The average molecular weight is 401 g/mol. The molecule has 2 heterocycles. The maximum atomic E-state index is 11.8. The molecule has 0 aliphatic heterocycles. The summed E-state index contributed by atoms with van der Waals surface area (Å²) >= 11 is 0. The number of aryl methyl sites for hydroxylation is 4. The molecule has 0 aliphatic carbocycles. The van der Waals surface area contributed by atoms with Crippen LogP contribution in [0.25, 0.3) is 11.3 Å². The molecular weight excluding hydrogens is 376 g/mol. The molecule has 8 heteroatoms. The Morgan fingerprint density at radius 1 is 1.07 bits per heavy atom. The average Bonchev–Trinajstić information content (AvgIpc) is 2.90. The van der Waals surface area contributed by atoms with Crippen LogP contribution in [0.1, 0.15) is 22.4 Å². The van der Waals surface area contributed by atoms with E-state index in [1.165, 1.54) is 0 Å². The second kappa shape index (κ2) is 7.27. The molecule has 0 atom stereocenters. The van der Waals surface area contributed by atoms with Gasteiger partial charge in [0.15, 0.2) is 0 Å². The maximum absolute atomic E-state index is 11.8. The molecule has 0 saturated heterocycles. The molecule has 0 unspecified atom stereocenters. The molecule has 3 rings (SSSR count). The number of anilines is 1. The van der Waals surface area contributed by atoms with Crippen LogP contribution in [0.5, 0.6) is 11.6 Å². The van der Waals surface area contributed by atoms with Crippen molar-refractivity contribution >= 4 is 15.7 Å². The van der Waals surface area contributed by atoms with E-state index in [2.05, 4.69) is 14.8 Å². The Balaban J connectivity index is 2.13. The second-order valence-electron chi connectivity index (χ2n) is 7.02. The first-order chi connectivity index (χ1) is 13.0. The molecule has 0 bridgehead atoms. The number of benzene rings is 1. The molecule has 3 aromatic rings. The lowest BCUT2D eigenvalue weighted by molar-refractivity contribution is 0.459. The third-order valence-electron chi connectivity index (χ3n) is 4.47. The number of aromatic nitrogens is 3. The zero-order valence-corrected chi connectivity index (χ0v) is 17.7. The predicted octanol–water partition coefficient (Wildman–Crippen LogP) is 3.88. The van der Waals surface area contributed by atoms with Crippen molar-refractivity contribution in [2.24, 2.45) is 7.05 Å². The minimum absolute atomic E-state index is 0.196. The number of sulfonamides is 1. The van der Waals surface area contributed by atoms with Crippen LogP contribution >= 0.6 is 0 Å².